The van der Waals surface area contributed by atoms with Gasteiger partial charge in [0.05, 0.1) is 11.7 Å². The quantitative estimate of drug-likeness (QED) is 0.733. The number of pyridine rings is 1. The van der Waals surface area contributed by atoms with Crippen molar-refractivity contribution in [2.45, 2.75) is 24.3 Å². The molecule has 0 spiro atoms. The molecule has 124 valence electrons. The van der Waals surface area contributed by atoms with E-state index in [1.807, 2.05) is 37.3 Å². The van der Waals surface area contributed by atoms with E-state index in [9.17, 15) is 8.42 Å². The highest BCUT2D eigenvalue weighted by atomic mass is 32.2. The summed E-state index contributed by atoms with van der Waals surface area (Å²) in [5.41, 5.74) is 2.49. The largest absolute Gasteiger partial charge is 0.250 e. The summed E-state index contributed by atoms with van der Waals surface area (Å²) >= 11 is 0. The van der Waals surface area contributed by atoms with Crippen LogP contribution in [0.15, 0.2) is 47.5 Å². The lowest BCUT2D eigenvalue weighted by Crippen LogP contribution is -2.44. The molecule has 0 radical (unpaired) electrons. The van der Waals surface area contributed by atoms with E-state index in [0.717, 1.165) is 23.1 Å². The Morgan fingerprint density at radius 2 is 1.96 bits per heavy atom. The maximum atomic E-state index is 13.0. The Labute approximate surface area is 140 Å². The molecule has 0 unspecified atom stereocenters. The van der Waals surface area contributed by atoms with E-state index in [-0.39, 0.29) is 10.9 Å². The van der Waals surface area contributed by atoms with Crippen LogP contribution in [-0.2, 0) is 17.1 Å². The number of fused-ring (bicyclic) bond motifs is 1. The van der Waals surface area contributed by atoms with Gasteiger partial charge < -0.3 is 0 Å². The van der Waals surface area contributed by atoms with Crippen molar-refractivity contribution in [1.82, 2.24) is 19.1 Å². The summed E-state index contributed by atoms with van der Waals surface area (Å²) in [6, 6.07) is 11.3. The predicted molar refractivity (Wildman–Crippen MR) is 90.9 cm³/mol. The van der Waals surface area contributed by atoms with Gasteiger partial charge in [0.25, 0.3) is 0 Å². The molecule has 1 aliphatic heterocycles. The Bertz CT molecular complexity index is 1010. The van der Waals surface area contributed by atoms with Gasteiger partial charge in [-0.15, -0.1) is 0 Å². The zero-order chi connectivity index (χ0) is 16.9. The van der Waals surface area contributed by atoms with Gasteiger partial charge in [0.2, 0.25) is 10.0 Å². The Kier molecular flexibility index (Phi) is 3.43. The topological polar surface area (TPSA) is 68.1 Å². The zero-order valence-electron chi connectivity index (χ0n) is 13.5. The van der Waals surface area contributed by atoms with Crippen LogP contribution in [0.2, 0.25) is 0 Å². The first-order valence-corrected chi connectivity index (χ1v) is 9.28. The van der Waals surface area contributed by atoms with Crippen molar-refractivity contribution in [3.8, 4) is 0 Å². The summed E-state index contributed by atoms with van der Waals surface area (Å²) in [5, 5.41) is 5.07. The van der Waals surface area contributed by atoms with Crippen LogP contribution in [-0.4, -0.2) is 34.0 Å². The number of aryl methyl sites for hydroxylation is 2. The van der Waals surface area contributed by atoms with E-state index in [0.29, 0.717) is 12.2 Å². The maximum Gasteiger partial charge on any atom is 0.245 e. The van der Waals surface area contributed by atoms with Crippen molar-refractivity contribution in [3.05, 3.63) is 53.9 Å². The van der Waals surface area contributed by atoms with Crippen LogP contribution in [0.5, 0.6) is 0 Å². The van der Waals surface area contributed by atoms with E-state index in [4.69, 9.17) is 0 Å². The molecule has 0 bridgehead atoms. The van der Waals surface area contributed by atoms with Gasteiger partial charge in [-0.05, 0) is 25.0 Å². The molecule has 1 fully saturated rings. The van der Waals surface area contributed by atoms with Crippen molar-refractivity contribution in [2.24, 2.45) is 7.05 Å². The lowest BCUT2D eigenvalue weighted by molar-refractivity contribution is 0.202. The highest BCUT2D eigenvalue weighted by Gasteiger charge is 2.39. The third-order valence-corrected chi connectivity index (χ3v) is 6.47. The number of rotatable bonds is 3. The van der Waals surface area contributed by atoms with Gasteiger partial charge in [-0.3, -0.25) is 4.68 Å². The number of hydrogen-bond donors (Lipinski definition) is 0. The lowest BCUT2D eigenvalue weighted by Gasteiger charge is -2.39. The number of hydrogen-bond acceptors (Lipinski definition) is 4. The van der Waals surface area contributed by atoms with Crippen LogP contribution in [0.3, 0.4) is 0 Å². The summed E-state index contributed by atoms with van der Waals surface area (Å²) in [6.45, 7) is 2.39. The van der Waals surface area contributed by atoms with Gasteiger partial charge in [0.15, 0.2) is 5.65 Å². The molecule has 6 nitrogen and oxygen atoms in total. The fourth-order valence-corrected chi connectivity index (χ4v) is 4.86. The molecule has 1 saturated heterocycles. The average Bonchev–Trinajstić information content (AvgIpc) is 2.81. The Morgan fingerprint density at radius 1 is 1.21 bits per heavy atom. The first kappa shape index (κ1) is 15.3. The van der Waals surface area contributed by atoms with Crippen LogP contribution in [0.1, 0.15) is 23.7 Å². The second-order valence-electron chi connectivity index (χ2n) is 6.08. The van der Waals surface area contributed by atoms with Gasteiger partial charge in [-0.1, -0.05) is 30.3 Å². The van der Waals surface area contributed by atoms with Gasteiger partial charge in [-0.2, -0.15) is 9.40 Å². The molecule has 24 heavy (non-hydrogen) atoms. The molecule has 0 saturated carbocycles. The summed E-state index contributed by atoms with van der Waals surface area (Å²) in [5.74, 6) is 0. The van der Waals surface area contributed by atoms with Crippen molar-refractivity contribution >= 4 is 21.1 Å². The average molecular weight is 342 g/mol. The molecule has 0 amide bonds. The highest BCUT2D eigenvalue weighted by Crippen LogP contribution is 2.38. The normalized spacial score (nSPS) is 18.7. The van der Waals surface area contributed by atoms with Gasteiger partial charge in [-0.25, -0.2) is 13.4 Å². The van der Waals surface area contributed by atoms with Gasteiger partial charge in [0.1, 0.15) is 4.90 Å². The van der Waals surface area contributed by atoms with E-state index >= 15 is 0 Å². The third kappa shape index (κ3) is 2.23. The van der Waals surface area contributed by atoms with Crippen LogP contribution >= 0.6 is 0 Å². The molecule has 0 N–H and O–H groups in total. The second-order valence-corrected chi connectivity index (χ2v) is 7.97. The van der Waals surface area contributed by atoms with Crippen molar-refractivity contribution < 1.29 is 8.42 Å². The van der Waals surface area contributed by atoms with Gasteiger partial charge >= 0.3 is 0 Å². The summed E-state index contributed by atoms with van der Waals surface area (Å²) in [7, 11) is -1.76. The smallest absolute Gasteiger partial charge is 0.245 e. The molecule has 1 atom stereocenters. The van der Waals surface area contributed by atoms with Gasteiger partial charge in [0, 0.05) is 25.2 Å². The standard InChI is InChI=1S/C17H18N4O2S/c1-12-15-10-14(11-18-17(15)20(2)19-12)24(22,23)21-9-8-16(21)13-6-4-3-5-7-13/h3-7,10-11,16H,8-9H2,1-2H3/t16-/m1/s1. The Hall–Kier alpha value is -2.25. The summed E-state index contributed by atoms with van der Waals surface area (Å²) in [6.07, 6.45) is 2.27. The molecule has 1 aromatic carbocycles. The molecule has 1 aliphatic rings. The van der Waals surface area contributed by atoms with E-state index in [2.05, 4.69) is 10.1 Å². The zero-order valence-corrected chi connectivity index (χ0v) is 14.4. The van der Waals surface area contributed by atoms with Crippen molar-refractivity contribution in [1.29, 1.82) is 0 Å². The molecule has 3 aromatic rings. The lowest BCUT2D eigenvalue weighted by atomic mass is 9.98. The van der Waals surface area contributed by atoms with Crippen molar-refractivity contribution in [2.75, 3.05) is 6.54 Å². The summed E-state index contributed by atoms with van der Waals surface area (Å²) in [4.78, 5) is 4.53. The van der Waals surface area contributed by atoms with Crippen LogP contribution in [0, 0.1) is 6.92 Å². The van der Waals surface area contributed by atoms with E-state index in [1.165, 1.54) is 6.20 Å². The number of benzene rings is 1. The fourth-order valence-electron chi connectivity index (χ4n) is 3.22. The molecular weight excluding hydrogens is 324 g/mol. The molecular formula is C17H18N4O2S. The SMILES string of the molecule is Cc1nn(C)c2ncc(S(=O)(=O)N3CC[C@@H]3c3ccccc3)cc12. The molecule has 4 rings (SSSR count). The van der Waals surface area contributed by atoms with Crippen LogP contribution in [0.25, 0.3) is 11.0 Å². The Balaban J connectivity index is 1.74. The first-order valence-electron chi connectivity index (χ1n) is 7.84. The molecule has 0 aliphatic carbocycles. The minimum atomic E-state index is -3.56. The molecule has 3 heterocycles. The van der Waals surface area contributed by atoms with E-state index < -0.39 is 10.0 Å². The predicted octanol–water partition coefficient (Wildman–Crippen LogP) is 2.41. The van der Waals surface area contributed by atoms with Crippen LogP contribution in [0.4, 0.5) is 0 Å². The van der Waals surface area contributed by atoms with E-state index in [1.54, 1.807) is 22.1 Å². The second kappa shape index (κ2) is 5.39. The minimum absolute atomic E-state index is 0.0955. The summed E-state index contributed by atoms with van der Waals surface area (Å²) < 4.78 is 29.3. The molecule has 2 aromatic heterocycles. The molecule has 7 heteroatoms. The maximum absolute atomic E-state index is 13.0. The number of nitrogens with zero attached hydrogens (tertiary/aromatic N) is 4. The number of aromatic nitrogens is 3. The van der Waals surface area contributed by atoms with Crippen LogP contribution < -0.4 is 0 Å². The fraction of sp³-hybridized carbons (Fsp3) is 0.294. The first-order chi connectivity index (χ1) is 11.5. The van der Waals surface area contributed by atoms with Crippen molar-refractivity contribution in [3.63, 3.8) is 0 Å². The monoisotopic (exact) mass is 342 g/mol. The highest BCUT2D eigenvalue weighted by molar-refractivity contribution is 7.89. The third-order valence-electron chi connectivity index (χ3n) is 4.60. The minimum Gasteiger partial charge on any atom is -0.250 e. The Morgan fingerprint density at radius 3 is 2.62 bits per heavy atom. The number of sulfonamides is 1.